The lowest BCUT2D eigenvalue weighted by Crippen LogP contribution is -2.55. The second-order valence-electron chi connectivity index (χ2n) is 10.8. The van der Waals surface area contributed by atoms with Gasteiger partial charge in [-0.25, -0.2) is 4.79 Å². The van der Waals surface area contributed by atoms with Crippen LogP contribution in [0.4, 0.5) is 4.79 Å². The van der Waals surface area contributed by atoms with Gasteiger partial charge in [0.2, 0.25) is 0 Å². The first-order chi connectivity index (χ1) is 18.6. The highest BCUT2D eigenvalue weighted by Crippen LogP contribution is 2.49. The molecule has 3 aliphatic rings. The van der Waals surface area contributed by atoms with Crippen LogP contribution in [-0.4, -0.2) is 77.1 Å². The molecule has 9 nitrogen and oxygen atoms in total. The first kappa shape index (κ1) is 26.6. The van der Waals surface area contributed by atoms with E-state index in [9.17, 15) is 19.5 Å². The molecule has 3 aliphatic heterocycles. The van der Waals surface area contributed by atoms with Crippen molar-refractivity contribution in [2.75, 3.05) is 33.9 Å². The number of carbonyl (C=O) groups excluding carboxylic acids is 2. The van der Waals surface area contributed by atoms with Gasteiger partial charge in [-0.1, -0.05) is 30.2 Å². The second kappa shape index (κ2) is 9.94. The van der Waals surface area contributed by atoms with E-state index < -0.39 is 18.1 Å². The van der Waals surface area contributed by atoms with E-state index in [0.717, 1.165) is 28.0 Å². The van der Waals surface area contributed by atoms with Crippen molar-refractivity contribution in [3.8, 4) is 11.5 Å². The molecule has 0 unspecified atom stereocenters. The Kier molecular flexibility index (Phi) is 6.78. The Hall–Kier alpha value is -4.01. The van der Waals surface area contributed by atoms with Gasteiger partial charge < -0.3 is 24.4 Å². The third-order valence-corrected chi connectivity index (χ3v) is 8.23. The number of ether oxygens (including phenoxy) is 2. The van der Waals surface area contributed by atoms with Crippen molar-refractivity contribution < 1.29 is 29.0 Å². The minimum Gasteiger partial charge on any atom is -0.497 e. The molecule has 0 saturated carbocycles. The summed E-state index contributed by atoms with van der Waals surface area (Å²) in [5, 5.41) is 9.75. The quantitative estimate of drug-likeness (QED) is 0.615. The van der Waals surface area contributed by atoms with Crippen molar-refractivity contribution in [3.05, 3.63) is 69.9 Å². The normalized spacial score (nSPS) is 19.8. The number of amides is 3. The molecule has 0 radical (unpaired) electrons. The molecule has 2 aromatic rings. The van der Waals surface area contributed by atoms with Gasteiger partial charge in [-0.3, -0.25) is 14.5 Å². The number of hydrogen-bond acceptors (Lipinski definition) is 5. The van der Waals surface area contributed by atoms with Crippen LogP contribution in [0.25, 0.3) is 0 Å². The summed E-state index contributed by atoms with van der Waals surface area (Å²) < 4.78 is 11.2. The molecule has 1 atom stereocenters. The van der Waals surface area contributed by atoms with Crippen LogP contribution in [0.2, 0.25) is 0 Å². The summed E-state index contributed by atoms with van der Waals surface area (Å²) in [6.07, 6.45) is 2.98. The molecule has 2 fully saturated rings. The maximum atomic E-state index is 13.8. The van der Waals surface area contributed by atoms with E-state index in [-0.39, 0.29) is 24.4 Å². The number of benzene rings is 2. The average Bonchev–Trinajstić information content (AvgIpc) is 3.01. The highest BCUT2D eigenvalue weighted by Gasteiger charge is 2.56. The van der Waals surface area contributed by atoms with Gasteiger partial charge in [0.15, 0.2) is 0 Å². The lowest BCUT2D eigenvalue weighted by molar-refractivity contribution is -0.138. The number of methoxy groups -OCH3 is 2. The van der Waals surface area contributed by atoms with Crippen molar-refractivity contribution in [2.45, 2.75) is 51.6 Å². The number of aliphatic carboxylic acids is 1. The standard InChI is InChI=1S/C30H35N3O6/c1-18-10-19(2)12-21(11-18)28(36)31-8-6-30(7-9-31)25-13-20(3)27-22(14-23(38-4)15-24(27)39-5)16-32(25)29(37)33(30)17-26(34)35/h10-15,20H,6-9,16-17H2,1-5H3,(H,34,35)/t20-/m0/s1. The van der Waals surface area contributed by atoms with Gasteiger partial charge in [0.25, 0.3) is 5.91 Å². The Morgan fingerprint density at radius 2 is 1.69 bits per heavy atom. The Balaban J connectivity index is 1.51. The van der Waals surface area contributed by atoms with Crippen LogP contribution in [0.15, 0.2) is 42.1 Å². The molecule has 3 amide bonds. The summed E-state index contributed by atoms with van der Waals surface area (Å²) >= 11 is 0. The summed E-state index contributed by atoms with van der Waals surface area (Å²) in [5.41, 5.74) is 4.57. The monoisotopic (exact) mass is 533 g/mol. The van der Waals surface area contributed by atoms with Crippen LogP contribution >= 0.6 is 0 Å². The van der Waals surface area contributed by atoms with E-state index in [1.165, 1.54) is 4.90 Å². The molecule has 2 aromatic carbocycles. The molecule has 1 N–H and O–H groups in total. The number of rotatable bonds is 5. The topological polar surface area (TPSA) is 99.6 Å². The van der Waals surface area contributed by atoms with Crippen molar-refractivity contribution in [3.63, 3.8) is 0 Å². The Bertz CT molecular complexity index is 1350. The largest absolute Gasteiger partial charge is 0.497 e. The van der Waals surface area contributed by atoms with Gasteiger partial charge in [0.1, 0.15) is 18.0 Å². The molecular weight excluding hydrogens is 498 g/mol. The fraction of sp³-hybridized carbons (Fsp3) is 0.433. The number of carbonyl (C=O) groups is 3. The van der Waals surface area contributed by atoms with Crippen LogP contribution in [0.1, 0.15) is 58.3 Å². The van der Waals surface area contributed by atoms with Crippen LogP contribution in [0, 0.1) is 13.8 Å². The Labute approximate surface area is 228 Å². The number of carboxylic acids is 1. The van der Waals surface area contributed by atoms with Gasteiger partial charge in [0.05, 0.1) is 26.3 Å². The van der Waals surface area contributed by atoms with Crippen LogP contribution < -0.4 is 9.47 Å². The summed E-state index contributed by atoms with van der Waals surface area (Å²) in [7, 11) is 3.20. The third kappa shape index (κ3) is 4.49. The van der Waals surface area contributed by atoms with E-state index in [1.807, 2.05) is 49.1 Å². The number of urea groups is 1. The third-order valence-electron chi connectivity index (χ3n) is 8.23. The van der Waals surface area contributed by atoms with Gasteiger partial charge in [0, 0.05) is 41.9 Å². The van der Waals surface area contributed by atoms with Crippen LogP contribution in [-0.2, 0) is 11.3 Å². The maximum Gasteiger partial charge on any atom is 0.325 e. The van der Waals surface area contributed by atoms with Gasteiger partial charge >= 0.3 is 12.0 Å². The van der Waals surface area contributed by atoms with Gasteiger partial charge in [-0.2, -0.15) is 0 Å². The van der Waals surface area contributed by atoms with E-state index in [0.29, 0.717) is 43.0 Å². The number of likely N-dealkylation sites (tertiary alicyclic amines) is 1. The molecular formula is C30H35N3O6. The summed E-state index contributed by atoms with van der Waals surface area (Å²) in [6.45, 7) is 6.71. The van der Waals surface area contributed by atoms with Crippen LogP contribution in [0.3, 0.4) is 0 Å². The molecule has 1 spiro atoms. The highest BCUT2D eigenvalue weighted by molar-refractivity contribution is 5.95. The molecule has 2 saturated heterocycles. The predicted octanol–water partition coefficient (Wildman–Crippen LogP) is 4.32. The molecule has 5 rings (SSSR count). The van der Waals surface area contributed by atoms with E-state index in [4.69, 9.17) is 9.47 Å². The van der Waals surface area contributed by atoms with Gasteiger partial charge in [-0.05, 0) is 50.5 Å². The van der Waals surface area contributed by atoms with Crippen molar-refractivity contribution in [2.24, 2.45) is 0 Å². The number of allylic oxidation sites excluding steroid dienone is 1. The minimum absolute atomic E-state index is 0.0462. The number of carboxylic acid groups (broad SMARTS) is 1. The summed E-state index contributed by atoms with van der Waals surface area (Å²) in [5.74, 6) is 0.114. The Morgan fingerprint density at radius 1 is 1.03 bits per heavy atom. The number of piperidine rings is 1. The zero-order valence-electron chi connectivity index (χ0n) is 23.1. The first-order valence-corrected chi connectivity index (χ1v) is 13.2. The Morgan fingerprint density at radius 3 is 2.28 bits per heavy atom. The molecule has 9 heteroatoms. The highest BCUT2D eigenvalue weighted by atomic mass is 16.5. The van der Waals surface area contributed by atoms with Gasteiger partial charge in [-0.15, -0.1) is 0 Å². The minimum atomic E-state index is -1.06. The number of nitrogens with zero attached hydrogens (tertiary/aromatic N) is 3. The number of aryl methyl sites for hydroxylation is 2. The lowest BCUT2D eigenvalue weighted by atomic mass is 9.81. The fourth-order valence-electron chi connectivity index (χ4n) is 6.54. The molecule has 3 heterocycles. The van der Waals surface area contributed by atoms with E-state index in [1.54, 1.807) is 19.1 Å². The smallest absolute Gasteiger partial charge is 0.325 e. The zero-order valence-corrected chi connectivity index (χ0v) is 23.1. The second-order valence-corrected chi connectivity index (χ2v) is 10.8. The number of hydrogen-bond donors (Lipinski definition) is 1. The van der Waals surface area contributed by atoms with Crippen LogP contribution in [0.5, 0.6) is 11.5 Å². The number of fused-ring (bicyclic) bond motifs is 3. The molecule has 206 valence electrons. The van der Waals surface area contributed by atoms with Crippen molar-refractivity contribution in [1.82, 2.24) is 14.7 Å². The lowest BCUT2D eigenvalue weighted by Gasteiger charge is -2.44. The predicted molar refractivity (Wildman–Crippen MR) is 145 cm³/mol. The summed E-state index contributed by atoms with van der Waals surface area (Å²) in [6, 6.07) is 9.25. The fourth-order valence-corrected chi connectivity index (χ4v) is 6.54. The van der Waals surface area contributed by atoms with Crippen molar-refractivity contribution >= 4 is 17.9 Å². The maximum absolute atomic E-state index is 13.8. The molecule has 39 heavy (non-hydrogen) atoms. The molecule has 0 aliphatic carbocycles. The first-order valence-electron chi connectivity index (χ1n) is 13.2. The zero-order chi connectivity index (χ0) is 28.1. The van der Waals surface area contributed by atoms with Crippen molar-refractivity contribution in [1.29, 1.82) is 0 Å². The molecule has 0 aromatic heterocycles. The van der Waals surface area contributed by atoms with E-state index in [2.05, 4.69) is 13.0 Å². The van der Waals surface area contributed by atoms with E-state index >= 15 is 0 Å². The SMILES string of the molecule is COc1cc2c(c(OC)c1)[C@@H](C)C=C1N(C2)C(=O)N(CC(=O)O)C12CCN(C(=O)c1cc(C)cc(C)c1)CC2. The average molecular weight is 534 g/mol. The summed E-state index contributed by atoms with van der Waals surface area (Å²) in [4.78, 5) is 44.2. The molecule has 0 bridgehead atoms.